The Morgan fingerprint density at radius 3 is 2.50 bits per heavy atom. The number of amides is 2. The van der Waals surface area contributed by atoms with Crippen molar-refractivity contribution in [3.05, 3.63) is 58.5 Å². The largest absolute Gasteiger partial charge is 0.444 e. The van der Waals surface area contributed by atoms with Crippen LogP contribution in [0.2, 0.25) is 0 Å². The molecule has 22 heavy (non-hydrogen) atoms. The molecule has 6 heteroatoms. The molecule has 2 rings (SSSR count). The van der Waals surface area contributed by atoms with Gasteiger partial charge in [-0.05, 0) is 39.5 Å². The quantitative estimate of drug-likeness (QED) is 0.827. The maximum atomic E-state index is 11.8. The predicted molar refractivity (Wildman–Crippen MR) is 86.6 cm³/mol. The standard InChI is InChI=1S/C16H17BrN2O3/c1-11(12-5-3-2-4-6-12)9-18-15(20)10-19-16(21)13-7-8-14(17)22-13/h2-8,11H,9-10H2,1H3,(H,18,20)(H,19,21)/t11-/m1/s1. The normalized spacial score (nSPS) is 11.7. The number of halogens is 1. The third-order valence-electron chi connectivity index (χ3n) is 3.18. The summed E-state index contributed by atoms with van der Waals surface area (Å²) in [6.45, 7) is 2.47. The Morgan fingerprint density at radius 1 is 1.14 bits per heavy atom. The number of carbonyl (C=O) groups excluding carboxylic acids is 2. The number of rotatable bonds is 6. The summed E-state index contributed by atoms with van der Waals surface area (Å²) in [5.74, 6) is -0.280. The molecule has 0 aliphatic rings. The Balaban J connectivity index is 1.73. The highest BCUT2D eigenvalue weighted by molar-refractivity contribution is 9.10. The summed E-state index contributed by atoms with van der Waals surface area (Å²) in [5.41, 5.74) is 1.16. The lowest BCUT2D eigenvalue weighted by atomic mass is 10.0. The van der Waals surface area contributed by atoms with E-state index in [1.54, 1.807) is 6.07 Å². The van der Waals surface area contributed by atoms with E-state index in [2.05, 4.69) is 26.6 Å². The Morgan fingerprint density at radius 2 is 1.86 bits per heavy atom. The first-order valence-electron chi connectivity index (χ1n) is 6.91. The van der Waals surface area contributed by atoms with Crippen molar-refractivity contribution in [2.75, 3.05) is 13.1 Å². The van der Waals surface area contributed by atoms with E-state index >= 15 is 0 Å². The summed E-state index contributed by atoms with van der Waals surface area (Å²) in [7, 11) is 0. The molecule has 1 aromatic heterocycles. The molecule has 0 unspecified atom stereocenters. The molecule has 0 saturated carbocycles. The third kappa shape index (κ3) is 4.73. The van der Waals surface area contributed by atoms with Crippen LogP contribution in [0.5, 0.6) is 0 Å². The van der Waals surface area contributed by atoms with E-state index in [1.807, 2.05) is 37.3 Å². The molecule has 0 aliphatic heterocycles. The summed E-state index contributed by atoms with van der Waals surface area (Å²) in [6, 6.07) is 13.1. The van der Waals surface area contributed by atoms with Gasteiger partial charge in [0, 0.05) is 6.54 Å². The van der Waals surface area contributed by atoms with Gasteiger partial charge in [0.2, 0.25) is 5.91 Å². The van der Waals surface area contributed by atoms with E-state index in [-0.39, 0.29) is 24.1 Å². The Labute approximate surface area is 137 Å². The minimum absolute atomic E-state index is 0.0847. The van der Waals surface area contributed by atoms with Crippen LogP contribution in [0.3, 0.4) is 0 Å². The Bertz CT molecular complexity index is 640. The van der Waals surface area contributed by atoms with Crippen molar-refractivity contribution in [2.24, 2.45) is 0 Å². The first-order chi connectivity index (χ1) is 10.6. The van der Waals surface area contributed by atoms with Crippen LogP contribution in [0.15, 0.2) is 51.6 Å². The first kappa shape index (κ1) is 16.3. The number of benzene rings is 1. The van der Waals surface area contributed by atoms with Crippen LogP contribution in [0.25, 0.3) is 0 Å². The van der Waals surface area contributed by atoms with Crippen LogP contribution in [-0.4, -0.2) is 24.9 Å². The van der Waals surface area contributed by atoms with E-state index in [9.17, 15) is 9.59 Å². The summed E-state index contributed by atoms with van der Waals surface area (Å²) in [5, 5.41) is 5.31. The van der Waals surface area contributed by atoms with Crippen LogP contribution in [0.1, 0.15) is 29.0 Å². The lowest BCUT2D eigenvalue weighted by Gasteiger charge is -2.13. The Kier molecular flexibility index (Phi) is 5.77. The van der Waals surface area contributed by atoms with Gasteiger partial charge in [-0.15, -0.1) is 0 Å². The van der Waals surface area contributed by atoms with Crippen LogP contribution in [0.4, 0.5) is 0 Å². The van der Waals surface area contributed by atoms with E-state index in [0.717, 1.165) is 5.56 Å². The fraction of sp³-hybridized carbons (Fsp3) is 0.250. The van der Waals surface area contributed by atoms with Gasteiger partial charge in [0.15, 0.2) is 10.4 Å². The number of furan rings is 1. The van der Waals surface area contributed by atoms with Crippen molar-refractivity contribution in [2.45, 2.75) is 12.8 Å². The van der Waals surface area contributed by atoms with Gasteiger partial charge in [-0.3, -0.25) is 9.59 Å². The van der Waals surface area contributed by atoms with Crippen molar-refractivity contribution in [3.8, 4) is 0 Å². The number of hydrogen-bond donors (Lipinski definition) is 2. The molecule has 0 spiro atoms. The van der Waals surface area contributed by atoms with Crippen molar-refractivity contribution in [1.29, 1.82) is 0 Å². The van der Waals surface area contributed by atoms with Crippen LogP contribution in [0, 0.1) is 0 Å². The highest BCUT2D eigenvalue weighted by Gasteiger charge is 2.12. The monoisotopic (exact) mass is 364 g/mol. The molecule has 1 atom stereocenters. The second-order valence-corrected chi connectivity index (χ2v) is 5.68. The molecule has 5 nitrogen and oxygen atoms in total. The number of carbonyl (C=O) groups is 2. The van der Waals surface area contributed by atoms with E-state index < -0.39 is 5.91 Å². The molecule has 0 fully saturated rings. The first-order valence-corrected chi connectivity index (χ1v) is 7.70. The van der Waals surface area contributed by atoms with Crippen molar-refractivity contribution in [3.63, 3.8) is 0 Å². The van der Waals surface area contributed by atoms with E-state index in [0.29, 0.717) is 11.2 Å². The van der Waals surface area contributed by atoms with Crippen LogP contribution < -0.4 is 10.6 Å². The number of nitrogens with one attached hydrogen (secondary N) is 2. The Hall–Kier alpha value is -2.08. The zero-order valence-electron chi connectivity index (χ0n) is 12.1. The topological polar surface area (TPSA) is 71.3 Å². The average molecular weight is 365 g/mol. The van der Waals surface area contributed by atoms with Crippen LogP contribution >= 0.6 is 15.9 Å². The molecule has 0 aliphatic carbocycles. The summed E-state index contributed by atoms with van der Waals surface area (Å²) in [4.78, 5) is 23.5. The molecule has 2 N–H and O–H groups in total. The van der Waals surface area contributed by atoms with Gasteiger partial charge < -0.3 is 15.1 Å². The van der Waals surface area contributed by atoms with Crippen molar-refractivity contribution in [1.82, 2.24) is 10.6 Å². The molecule has 1 aromatic carbocycles. The third-order valence-corrected chi connectivity index (χ3v) is 3.61. The van der Waals surface area contributed by atoms with Gasteiger partial charge in [0.25, 0.3) is 5.91 Å². The van der Waals surface area contributed by atoms with Gasteiger partial charge in [-0.1, -0.05) is 37.3 Å². The molecule has 0 saturated heterocycles. The van der Waals surface area contributed by atoms with E-state index in [4.69, 9.17) is 4.42 Å². The minimum Gasteiger partial charge on any atom is -0.444 e. The lowest BCUT2D eigenvalue weighted by Crippen LogP contribution is -2.38. The zero-order chi connectivity index (χ0) is 15.9. The molecule has 0 bridgehead atoms. The van der Waals surface area contributed by atoms with Gasteiger partial charge in [-0.2, -0.15) is 0 Å². The van der Waals surface area contributed by atoms with Gasteiger partial charge in [-0.25, -0.2) is 0 Å². The smallest absolute Gasteiger partial charge is 0.287 e. The summed E-state index contributed by atoms with van der Waals surface area (Å²) >= 11 is 3.12. The maximum Gasteiger partial charge on any atom is 0.287 e. The van der Waals surface area contributed by atoms with Gasteiger partial charge >= 0.3 is 0 Å². The maximum absolute atomic E-state index is 11.8. The van der Waals surface area contributed by atoms with Gasteiger partial charge in [0.05, 0.1) is 6.54 Å². The van der Waals surface area contributed by atoms with Gasteiger partial charge in [0.1, 0.15) is 0 Å². The highest BCUT2D eigenvalue weighted by atomic mass is 79.9. The molecule has 116 valence electrons. The summed E-state index contributed by atoms with van der Waals surface area (Å²) < 4.78 is 5.58. The highest BCUT2D eigenvalue weighted by Crippen LogP contribution is 2.14. The van der Waals surface area contributed by atoms with E-state index in [1.165, 1.54) is 6.07 Å². The zero-order valence-corrected chi connectivity index (χ0v) is 13.7. The second kappa shape index (κ2) is 7.79. The fourth-order valence-corrected chi connectivity index (χ4v) is 2.22. The average Bonchev–Trinajstić information content (AvgIpc) is 2.97. The van der Waals surface area contributed by atoms with Crippen molar-refractivity contribution >= 4 is 27.7 Å². The van der Waals surface area contributed by atoms with Crippen molar-refractivity contribution < 1.29 is 14.0 Å². The molecular weight excluding hydrogens is 348 g/mol. The molecule has 2 amide bonds. The molecule has 2 aromatic rings. The second-order valence-electron chi connectivity index (χ2n) is 4.90. The fourth-order valence-electron chi connectivity index (χ4n) is 1.91. The predicted octanol–water partition coefficient (Wildman–Crippen LogP) is 2.69. The number of hydrogen-bond acceptors (Lipinski definition) is 3. The molecule has 1 heterocycles. The lowest BCUT2D eigenvalue weighted by molar-refractivity contribution is -0.120. The summed E-state index contributed by atoms with van der Waals surface area (Å²) in [6.07, 6.45) is 0. The molecular formula is C16H17BrN2O3. The molecule has 0 radical (unpaired) electrons. The minimum atomic E-state index is -0.419. The SMILES string of the molecule is C[C@H](CNC(=O)CNC(=O)c1ccc(Br)o1)c1ccccc1. The van der Waals surface area contributed by atoms with Crippen LogP contribution in [-0.2, 0) is 4.79 Å².